The molecule has 1 aromatic heterocycles. The van der Waals surface area contributed by atoms with E-state index in [1.807, 2.05) is 54.6 Å². The van der Waals surface area contributed by atoms with Gasteiger partial charge in [-0.25, -0.2) is 4.98 Å². The van der Waals surface area contributed by atoms with Crippen LogP contribution in [0, 0.1) is 6.92 Å². The Bertz CT molecular complexity index is 1090. The molecule has 5 nitrogen and oxygen atoms in total. The van der Waals surface area contributed by atoms with E-state index in [4.69, 9.17) is 9.15 Å². The van der Waals surface area contributed by atoms with Crippen molar-refractivity contribution in [2.24, 2.45) is 0 Å². The Balaban J connectivity index is 1.45. The molecule has 0 atom stereocenters. The molecule has 27 heavy (non-hydrogen) atoms. The number of oxazole rings is 1. The first-order valence-corrected chi connectivity index (χ1v) is 8.63. The molecule has 0 bridgehead atoms. The Morgan fingerprint density at radius 3 is 2.67 bits per heavy atom. The SMILES string of the molecule is Cc1nc2cc(NC(=O)COc3ccccc3-c3ccccc3)ccc2o1. The van der Waals surface area contributed by atoms with Crippen LogP contribution in [-0.4, -0.2) is 17.5 Å². The van der Waals surface area contributed by atoms with Crippen LogP contribution < -0.4 is 10.1 Å². The van der Waals surface area contributed by atoms with Crippen LogP contribution in [-0.2, 0) is 4.79 Å². The Hall–Kier alpha value is -3.60. The topological polar surface area (TPSA) is 64.4 Å². The maximum atomic E-state index is 12.3. The highest BCUT2D eigenvalue weighted by atomic mass is 16.5. The van der Waals surface area contributed by atoms with E-state index >= 15 is 0 Å². The monoisotopic (exact) mass is 358 g/mol. The number of anilines is 1. The van der Waals surface area contributed by atoms with Gasteiger partial charge in [0.05, 0.1) is 0 Å². The molecule has 4 aromatic rings. The summed E-state index contributed by atoms with van der Waals surface area (Å²) in [7, 11) is 0. The second-order valence-electron chi connectivity index (χ2n) is 6.11. The van der Waals surface area contributed by atoms with Gasteiger partial charge in [0.1, 0.15) is 11.3 Å². The van der Waals surface area contributed by atoms with Gasteiger partial charge in [-0.3, -0.25) is 4.79 Å². The van der Waals surface area contributed by atoms with E-state index in [0.29, 0.717) is 28.4 Å². The first kappa shape index (κ1) is 16.8. The zero-order valence-electron chi connectivity index (χ0n) is 14.8. The fourth-order valence-corrected chi connectivity index (χ4v) is 2.91. The number of rotatable bonds is 5. The van der Waals surface area contributed by atoms with Gasteiger partial charge in [0.15, 0.2) is 18.1 Å². The van der Waals surface area contributed by atoms with Crippen molar-refractivity contribution in [3.05, 3.63) is 78.7 Å². The van der Waals surface area contributed by atoms with Crippen LogP contribution in [0.5, 0.6) is 5.75 Å². The molecule has 0 radical (unpaired) electrons. The van der Waals surface area contributed by atoms with Crippen molar-refractivity contribution in [3.63, 3.8) is 0 Å². The van der Waals surface area contributed by atoms with Gasteiger partial charge in [-0.1, -0.05) is 48.5 Å². The number of nitrogens with one attached hydrogen (secondary N) is 1. The van der Waals surface area contributed by atoms with E-state index in [9.17, 15) is 4.79 Å². The maximum Gasteiger partial charge on any atom is 0.262 e. The molecule has 0 saturated carbocycles. The van der Waals surface area contributed by atoms with Gasteiger partial charge in [-0.05, 0) is 29.8 Å². The molecule has 1 heterocycles. The average molecular weight is 358 g/mol. The second kappa shape index (κ2) is 7.33. The Morgan fingerprint density at radius 1 is 1.04 bits per heavy atom. The number of para-hydroxylation sites is 1. The van der Waals surface area contributed by atoms with Crippen molar-refractivity contribution in [2.45, 2.75) is 6.92 Å². The van der Waals surface area contributed by atoms with E-state index < -0.39 is 0 Å². The third kappa shape index (κ3) is 3.82. The summed E-state index contributed by atoms with van der Waals surface area (Å²) >= 11 is 0. The average Bonchev–Trinajstić information content (AvgIpc) is 3.06. The van der Waals surface area contributed by atoms with E-state index in [1.165, 1.54) is 0 Å². The molecular weight excluding hydrogens is 340 g/mol. The number of benzene rings is 3. The van der Waals surface area contributed by atoms with Crippen LogP contribution in [0.4, 0.5) is 5.69 Å². The van der Waals surface area contributed by atoms with Gasteiger partial charge in [0.2, 0.25) is 0 Å². The van der Waals surface area contributed by atoms with E-state index in [2.05, 4.69) is 10.3 Å². The maximum absolute atomic E-state index is 12.3. The van der Waals surface area contributed by atoms with Crippen molar-refractivity contribution in [1.29, 1.82) is 0 Å². The lowest BCUT2D eigenvalue weighted by atomic mass is 10.1. The summed E-state index contributed by atoms with van der Waals surface area (Å²) in [5.74, 6) is 1.02. The van der Waals surface area contributed by atoms with Gasteiger partial charge in [0.25, 0.3) is 5.91 Å². The normalized spacial score (nSPS) is 10.7. The quantitative estimate of drug-likeness (QED) is 0.555. The number of carbonyl (C=O) groups excluding carboxylic acids is 1. The molecule has 0 spiro atoms. The highest BCUT2D eigenvalue weighted by Crippen LogP contribution is 2.29. The van der Waals surface area contributed by atoms with Crippen LogP contribution in [0.15, 0.2) is 77.2 Å². The van der Waals surface area contributed by atoms with Gasteiger partial charge in [-0.2, -0.15) is 0 Å². The van der Waals surface area contributed by atoms with Gasteiger partial charge in [-0.15, -0.1) is 0 Å². The predicted molar refractivity (Wildman–Crippen MR) is 105 cm³/mol. The number of amides is 1. The fourth-order valence-electron chi connectivity index (χ4n) is 2.91. The molecule has 0 saturated heterocycles. The van der Waals surface area contributed by atoms with Crippen LogP contribution in [0.2, 0.25) is 0 Å². The van der Waals surface area contributed by atoms with Gasteiger partial charge < -0.3 is 14.5 Å². The molecule has 3 aromatic carbocycles. The summed E-state index contributed by atoms with van der Waals surface area (Å²) in [4.78, 5) is 16.6. The highest BCUT2D eigenvalue weighted by Gasteiger charge is 2.10. The minimum Gasteiger partial charge on any atom is -0.483 e. The summed E-state index contributed by atoms with van der Waals surface area (Å²) < 4.78 is 11.2. The molecule has 0 aliphatic carbocycles. The van der Waals surface area contributed by atoms with Crippen LogP contribution in [0.3, 0.4) is 0 Å². The van der Waals surface area contributed by atoms with Crippen molar-refractivity contribution in [3.8, 4) is 16.9 Å². The molecule has 4 rings (SSSR count). The second-order valence-corrected chi connectivity index (χ2v) is 6.11. The lowest BCUT2D eigenvalue weighted by molar-refractivity contribution is -0.118. The molecule has 1 N–H and O–H groups in total. The Kier molecular flexibility index (Phi) is 4.58. The first-order valence-electron chi connectivity index (χ1n) is 8.63. The molecule has 5 heteroatoms. The Labute approximate surface area is 156 Å². The van der Waals surface area contributed by atoms with Crippen LogP contribution in [0.25, 0.3) is 22.2 Å². The van der Waals surface area contributed by atoms with Gasteiger partial charge in [0, 0.05) is 18.2 Å². The number of hydrogen-bond donors (Lipinski definition) is 1. The smallest absolute Gasteiger partial charge is 0.262 e. The molecule has 0 aliphatic heterocycles. The lowest BCUT2D eigenvalue weighted by Gasteiger charge is -2.12. The summed E-state index contributed by atoms with van der Waals surface area (Å²) in [5, 5.41) is 2.83. The molecular formula is C22H18N2O3. The predicted octanol–water partition coefficient (Wildman–Crippen LogP) is 4.82. The molecule has 134 valence electrons. The number of fused-ring (bicyclic) bond motifs is 1. The minimum absolute atomic E-state index is 0.0836. The third-order valence-electron chi connectivity index (χ3n) is 4.11. The van der Waals surface area contributed by atoms with Gasteiger partial charge >= 0.3 is 0 Å². The summed E-state index contributed by atoms with van der Waals surface area (Å²) in [5.41, 5.74) is 4.05. The highest BCUT2D eigenvalue weighted by molar-refractivity contribution is 5.93. The van der Waals surface area contributed by atoms with Crippen molar-refractivity contribution in [2.75, 3.05) is 11.9 Å². The molecule has 0 aliphatic rings. The fraction of sp³-hybridized carbons (Fsp3) is 0.0909. The van der Waals surface area contributed by atoms with Crippen molar-refractivity contribution in [1.82, 2.24) is 4.98 Å². The minimum atomic E-state index is -0.238. The van der Waals surface area contributed by atoms with Crippen molar-refractivity contribution >= 4 is 22.7 Å². The van der Waals surface area contributed by atoms with E-state index in [-0.39, 0.29) is 12.5 Å². The lowest BCUT2D eigenvalue weighted by Crippen LogP contribution is -2.20. The molecule has 1 amide bonds. The third-order valence-corrected chi connectivity index (χ3v) is 4.11. The van der Waals surface area contributed by atoms with Crippen LogP contribution in [0.1, 0.15) is 5.89 Å². The zero-order valence-corrected chi connectivity index (χ0v) is 14.8. The summed E-state index contributed by atoms with van der Waals surface area (Å²) in [6, 6.07) is 23.0. The van der Waals surface area contributed by atoms with E-state index in [1.54, 1.807) is 25.1 Å². The summed E-state index contributed by atoms with van der Waals surface area (Å²) in [6.07, 6.45) is 0. The number of carbonyl (C=O) groups is 1. The number of aryl methyl sites for hydroxylation is 1. The number of nitrogens with zero attached hydrogens (tertiary/aromatic N) is 1. The zero-order chi connectivity index (χ0) is 18.6. The largest absolute Gasteiger partial charge is 0.483 e. The van der Waals surface area contributed by atoms with Crippen LogP contribution >= 0.6 is 0 Å². The molecule has 0 fully saturated rings. The van der Waals surface area contributed by atoms with E-state index in [0.717, 1.165) is 11.1 Å². The van der Waals surface area contributed by atoms with Crippen molar-refractivity contribution < 1.29 is 13.9 Å². The Morgan fingerprint density at radius 2 is 1.81 bits per heavy atom. The number of aromatic nitrogens is 1. The molecule has 0 unspecified atom stereocenters. The summed E-state index contributed by atoms with van der Waals surface area (Å²) in [6.45, 7) is 1.70. The number of hydrogen-bond acceptors (Lipinski definition) is 4. The number of ether oxygens (including phenoxy) is 1. The first-order chi connectivity index (χ1) is 13.2. The standard InChI is InChI=1S/C22H18N2O3/c1-15-23-19-13-17(11-12-21(19)27-15)24-22(25)14-26-20-10-6-5-9-18(20)16-7-3-2-4-8-16/h2-13H,14H2,1H3,(H,24,25).